The minimum atomic E-state index is -3.74. The van der Waals surface area contributed by atoms with E-state index in [1.165, 1.54) is 26.1 Å². The number of carbonyl (C=O) groups excluding carboxylic acids is 1. The number of sulfonamides is 1. The van der Waals surface area contributed by atoms with Crippen LogP contribution >= 0.6 is 0 Å². The molecule has 8 nitrogen and oxygen atoms in total. The summed E-state index contributed by atoms with van der Waals surface area (Å²) in [6, 6.07) is 2.64. The number of aliphatic imine (C=N–C) groups is 1. The standard InChI is InChI=1S/C17H24FN5O3S/c1-17(11-27(25,26)22(2)16(19)21-17)15-13(18)7-6-12(20-15)10-14(24)23-8-4-3-5-9-23/h6-7H,3-5,8-11H2,1-2H3,(H2,19,21)/t17-/m0/s1. The molecule has 2 aliphatic heterocycles. The Bertz CT molecular complexity index is 883. The van der Waals surface area contributed by atoms with Crippen molar-refractivity contribution in [2.75, 3.05) is 25.9 Å². The van der Waals surface area contributed by atoms with Crippen molar-refractivity contribution in [2.24, 2.45) is 10.7 Å². The summed E-state index contributed by atoms with van der Waals surface area (Å²) in [6.45, 7) is 2.91. The van der Waals surface area contributed by atoms with Crippen molar-refractivity contribution < 1.29 is 17.6 Å². The summed E-state index contributed by atoms with van der Waals surface area (Å²) < 4.78 is 40.0. The predicted octanol–water partition coefficient (Wildman–Crippen LogP) is 0.581. The van der Waals surface area contributed by atoms with Gasteiger partial charge in [-0.2, -0.15) is 0 Å². The van der Waals surface area contributed by atoms with Crippen LogP contribution in [-0.2, 0) is 26.8 Å². The molecule has 1 aromatic heterocycles. The Hall–Kier alpha value is -2.23. The zero-order valence-electron chi connectivity index (χ0n) is 15.5. The van der Waals surface area contributed by atoms with Crippen LogP contribution in [0.25, 0.3) is 0 Å². The number of carbonyl (C=O) groups is 1. The van der Waals surface area contributed by atoms with Gasteiger partial charge in [0.25, 0.3) is 0 Å². The number of likely N-dealkylation sites (tertiary alicyclic amines) is 1. The molecule has 1 fully saturated rings. The Kier molecular flexibility index (Phi) is 5.11. The van der Waals surface area contributed by atoms with E-state index in [-0.39, 0.29) is 24.0 Å². The maximum Gasteiger partial charge on any atom is 0.239 e. The molecule has 0 bridgehead atoms. The van der Waals surface area contributed by atoms with E-state index in [1.807, 2.05) is 0 Å². The number of piperidine rings is 1. The predicted molar refractivity (Wildman–Crippen MR) is 98.9 cm³/mol. The quantitative estimate of drug-likeness (QED) is 0.802. The van der Waals surface area contributed by atoms with Crippen LogP contribution in [0.5, 0.6) is 0 Å². The molecule has 3 rings (SSSR count). The average Bonchev–Trinajstić information content (AvgIpc) is 2.61. The highest BCUT2D eigenvalue weighted by Gasteiger charge is 2.43. The summed E-state index contributed by atoms with van der Waals surface area (Å²) in [6.07, 6.45) is 3.11. The number of aromatic nitrogens is 1. The molecule has 10 heteroatoms. The van der Waals surface area contributed by atoms with Gasteiger partial charge < -0.3 is 10.6 Å². The highest BCUT2D eigenvalue weighted by atomic mass is 32.2. The third kappa shape index (κ3) is 3.90. The summed E-state index contributed by atoms with van der Waals surface area (Å²) in [4.78, 5) is 22.7. The van der Waals surface area contributed by atoms with E-state index in [4.69, 9.17) is 5.73 Å². The molecular formula is C17H24FN5O3S. The Morgan fingerprint density at radius 3 is 2.59 bits per heavy atom. The van der Waals surface area contributed by atoms with Crippen molar-refractivity contribution in [1.29, 1.82) is 0 Å². The molecule has 0 unspecified atom stereocenters. The smallest absolute Gasteiger partial charge is 0.239 e. The van der Waals surface area contributed by atoms with Crippen LogP contribution in [0.2, 0.25) is 0 Å². The third-order valence-electron chi connectivity index (χ3n) is 5.02. The second-order valence-corrected chi connectivity index (χ2v) is 9.22. The fourth-order valence-corrected chi connectivity index (χ4v) is 4.87. The van der Waals surface area contributed by atoms with Gasteiger partial charge in [0.05, 0.1) is 12.1 Å². The van der Waals surface area contributed by atoms with E-state index in [0.29, 0.717) is 5.69 Å². The Morgan fingerprint density at radius 1 is 1.30 bits per heavy atom. The van der Waals surface area contributed by atoms with Crippen LogP contribution in [0.3, 0.4) is 0 Å². The maximum atomic E-state index is 14.5. The monoisotopic (exact) mass is 397 g/mol. The van der Waals surface area contributed by atoms with Gasteiger partial charge in [-0.3, -0.25) is 9.78 Å². The Labute approximate surface area is 158 Å². The minimum Gasteiger partial charge on any atom is -0.369 e. The second-order valence-electron chi connectivity index (χ2n) is 7.22. The first-order chi connectivity index (χ1) is 12.6. The van der Waals surface area contributed by atoms with Crippen molar-refractivity contribution >= 4 is 21.9 Å². The SMILES string of the molecule is CN1C(N)=N[C@](C)(c2nc(CC(=O)N3CCCCC3)ccc2F)CS1(=O)=O. The molecule has 1 aromatic rings. The van der Waals surface area contributed by atoms with E-state index in [9.17, 15) is 17.6 Å². The highest BCUT2D eigenvalue weighted by Crippen LogP contribution is 2.32. The summed E-state index contributed by atoms with van der Waals surface area (Å²) in [5, 5.41) is 0. The van der Waals surface area contributed by atoms with Gasteiger partial charge in [0, 0.05) is 20.1 Å². The van der Waals surface area contributed by atoms with Crippen molar-refractivity contribution in [1.82, 2.24) is 14.2 Å². The third-order valence-corrected chi connectivity index (χ3v) is 6.97. The number of halogens is 1. The minimum absolute atomic E-state index is 0.0369. The van der Waals surface area contributed by atoms with Gasteiger partial charge in [-0.25, -0.2) is 22.1 Å². The molecule has 2 N–H and O–H groups in total. The Morgan fingerprint density at radius 2 is 1.96 bits per heavy atom. The number of nitrogens with two attached hydrogens (primary N) is 1. The zero-order valence-corrected chi connectivity index (χ0v) is 16.3. The lowest BCUT2D eigenvalue weighted by molar-refractivity contribution is -0.131. The summed E-state index contributed by atoms with van der Waals surface area (Å²) in [7, 11) is -2.44. The summed E-state index contributed by atoms with van der Waals surface area (Å²) >= 11 is 0. The molecule has 0 radical (unpaired) electrons. The van der Waals surface area contributed by atoms with E-state index in [1.54, 1.807) is 4.90 Å². The van der Waals surface area contributed by atoms with Crippen molar-refractivity contribution in [3.8, 4) is 0 Å². The van der Waals surface area contributed by atoms with E-state index in [0.717, 1.165) is 36.7 Å². The molecule has 2 aliphatic rings. The number of hydrogen-bond donors (Lipinski definition) is 1. The highest BCUT2D eigenvalue weighted by molar-refractivity contribution is 7.89. The van der Waals surface area contributed by atoms with Gasteiger partial charge in [0.1, 0.15) is 22.8 Å². The van der Waals surface area contributed by atoms with E-state index < -0.39 is 27.1 Å². The molecule has 0 saturated carbocycles. The molecule has 0 spiro atoms. The fraction of sp³-hybridized carbons (Fsp3) is 0.588. The molecule has 3 heterocycles. The van der Waals surface area contributed by atoms with Crippen LogP contribution in [0.4, 0.5) is 4.39 Å². The van der Waals surface area contributed by atoms with E-state index >= 15 is 0 Å². The number of amides is 1. The second kappa shape index (κ2) is 7.06. The Balaban J connectivity index is 1.90. The van der Waals surface area contributed by atoms with Crippen LogP contribution in [0.15, 0.2) is 17.1 Å². The number of nitrogens with zero attached hydrogens (tertiary/aromatic N) is 4. The average molecular weight is 397 g/mol. The van der Waals surface area contributed by atoms with Gasteiger partial charge >= 0.3 is 0 Å². The molecule has 1 saturated heterocycles. The number of hydrogen-bond acceptors (Lipinski definition) is 6. The summed E-state index contributed by atoms with van der Waals surface area (Å²) in [5.41, 5.74) is 4.53. The zero-order chi connectivity index (χ0) is 19.8. The lowest BCUT2D eigenvalue weighted by Crippen LogP contribution is -2.50. The first-order valence-corrected chi connectivity index (χ1v) is 10.5. The van der Waals surface area contributed by atoms with Crippen LogP contribution < -0.4 is 5.73 Å². The van der Waals surface area contributed by atoms with Gasteiger partial charge in [-0.05, 0) is 38.3 Å². The fourth-order valence-electron chi connectivity index (χ4n) is 3.44. The first-order valence-electron chi connectivity index (χ1n) is 8.88. The first kappa shape index (κ1) is 19.5. The number of pyridine rings is 1. The lowest BCUT2D eigenvalue weighted by Gasteiger charge is -2.34. The van der Waals surface area contributed by atoms with Crippen LogP contribution in [0, 0.1) is 5.82 Å². The maximum absolute atomic E-state index is 14.5. The molecule has 0 aromatic carbocycles. The topological polar surface area (TPSA) is 109 Å². The largest absolute Gasteiger partial charge is 0.369 e. The molecule has 27 heavy (non-hydrogen) atoms. The van der Waals surface area contributed by atoms with Crippen LogP contribution in [-0.4, -0.2) is 60.4 Å². The molecule has 148 valence electrons. The van der Waals surface area contributed by atoms with Gasteiger partial charge in [0.15, 0.2) is 0 Å². The number of guanidine groups is 1. The molecule has 1 atom stereocenters. The van der Waals surface area contributed by atoms with Crippen molar-refractivity contribution in [3.05, 3.63) is 29.3 Å². The van der Waals surface area contributed by atoms with Gasteiger partial charge in [-0.15, -0.1) is 0 Å². The lowest BCUT2D eigenvalue weighted by atomic mass is 9.99. The molecular weight excluding hydrogens is 373 g/mol. The van der Waals surface area contributed by atoms with Crippen molar-refractivity contribution in [3.63, 3.8) is 0 Å². The van der Waals surface area contributed by atoms with Crippen LogP contribution in [0.1, 0.15) is 37.6 Å². The molecule has 0 aliphatic carbocycles. The number of rotatable bonds is 3. The molecule has 1 amide bonds. The normalized spacial score (nSPS) is 25.2. The van der Waals surface area contributed by atoms with Gasteiger partial charge in [-0.1, -0.05) is 0 Å². The van der Waals surface area contributed by atoms with E-state index in [2.05, 4.69) is 9.98 Å². The van der Waals surface area contributed by atoms with Gasteiger partial charge in [0.2, 0.25) is 21.9 Å². The van der Waals surface area contributed by atoms with Crippen molar-refractivity contribution in [2.45, 2.75) is 38.1 Å². The summed E-state index contributed by atoms with van der Waals surface area (Å²) in [5.74, 6) is -1.42.